The van der Waals surface area contributed by atoms with Crippen LogP contribution in [0.5, 0.6) is 0 Å². The third-order valence-electron chi connectivity index (χ3n) is 2.94. The molecule has 0 aliphatic rings. The zero-order valence-electron chi connectivity index (χ0n) is 11.7. The summed E-state index contributed by atoms with van der Waals surface area (Å²) in [7, 11) is 0. The molecule has 1 aromatic heterocycles. The first-order valence-electron chi connectivity index (χ1n) is 6.39. The normalized spacial score (nSPS) is 10.7. The van der Waals surface area contributed by atoms with Crippen LogP contribution < -0.4 is 16.6 Å². The van der Waals surface area contributed by atoms with Crippen molar-refractivity contribution in [1.29, 1.82) is 0 Å². The number of nitrogens with zero attached hydrogens (tertiary/aromatic N) is 2. The van der Waals surface area contributed by atoms with E-state index in [-0.39, 0.29) is 11.7 Å². The van der Waals surface area contributed by atoms with E-state index in [2.05, 4.69) is 20.7 Å². The zero-order valence-corrected chi connectivity index (χ0v) is 11.7. The number of anilines is 3. The predicted molar refractivity (Wildman–Crippen MR) is 78.4 cm³/mol. The Kier molecular flexibility index (Phi) is 4.14. The van der Waals surface area contributed by atoms with E-state index in [1.165, 1.54) is 6.07 Å². The molecule has 0 fully saturated rings. The molecule has 106 valence electrons. The van der Waals surface area contributed by atoms with Crippen molar-refractivity contribution in [2.45, 2.75) is 26.7 Å². The maximum absolute atomic E-state index is 13.7. The minimum absolute atomic E-state index is 0.142. The maximum Gasteiger partial charge on any atom is 0.148 e. The fraction of sp³-hybridized carbons (Fsp3) is 0.286. The Labute approximate surface area is 117 Å². The number of halogens is 1. The summed E-state index contributed by atoms with van der Waals surface area (Å²) in [4.78, 5) is 8.77. The summed E-state index contributed by atoms with van der Waals surface area (Å²) in [5.41, 5.74) is 3.65. The minimum atomic E-state index is -0.334. The first-order valence-corrected chi connectivity index (χ1v) is 6.39. The zero-order chi connectivity index (χ0) is 14.7. The first-order chi connectivity index (χ1) is 9.52. The van der Waals surface area contributed by atoms with Crippen molar-refractivity contribution in [2.24, 2.45) is 5.84 Å². The van der Waals surface area contributed by atoms with E-state index < -0.39 is 0 Å². The molecule has 20 heavy (non-hydrogen) atoms. The van der Waals surface area contributed by atoms with Crippen LogP contribution in [-0.4, -0.2) is 9.97 Å². The second kappa shape index (κ2) is 5.83. The number of hydrogen-bond donors (Lipinski definition) is 3. The molecular formula is C14H18FN5. The molecule has 0 saturated carbocycles. The van der Waals surface area contributed by atoms with Gasteiger partial charge < -0.3 is 10.7 Å². The molecule has 0 bridgehead atoms. The molecule has 0 unspecified atom stereocenters. The van der Waals surface area contributed by atoms with Gasteiger partial charge in [0, 0.05) is 11.5 Å². The van der Waals surface area contributed by atoms with Crippen LogP contribution in [0, 0.1) is 12.7 Å². The van der Waals surface area contributed by atoms with E-state index in [9.17, 15) is 4.39 Å². The topological polar surface area (TPSA) is 75.9 Å². The highest BCUT2D eigenvalue weighted by Crippen LogP contribution is 2.26. The molecule has 0 amide bonds. The lowest BCUT2D eigenvalue weighted by Gasteiger charge is -2.15. The van der Waals surface area contributed by atoms with Crippen LogP contribution in [0.4, 0.5) is 21.7 Å². The lowest BCUT2D eigenvalue weighted by Crippen LogP contribution is -2.14. The number of hydrazine groups is 1. The number of nitrogens with two attached hydrogens (primary N) is 1. The van der Waals surface area contributed by atoms with Crippen molar-refractivity contribution in [3.63, 3.8) is 0 Å². The molecule has 2 rings (SSSR count). The molecular weight excluding hydrogens is 257 g/mol. The van der Waals surface area contributed by atoms with Crippen LogP contribution >= 0.6 is 0 Å². The smallest absolute Gasteiger partial charge is 0.148 e. The Hall–Kier alpha value is -2.21. The van der Waals surface area contributed by atoms with Crippen molar-refractivity contribution in [1.82, 2.24) is 9.97 Å². The molecule has 4 N–H and O–H groups in total. The van der Waals surface area contributed by atoms with Crippen molar-refractivity contribution in [3.8, 4) is 0 Å². The van der Waals surface area contributed by atoms with Crippen molar-refractivity contribution in [3.05, 3.63) is 41.5 Å². The number of aromatic nitrogens is 2. The van der Waals surface area contributed by atoms with Gasteiger partial charge in [0.05, 0.1) is 5.69 Å². The van der Waals surface area contributed by atoms with E-state index in [0.717, 1.165) is 5.56 Å². The molecule has 0 spiro atoms. The molecule has 0 saturated heterocycles. The largest absolute Gasteiger partial charge is 0.337 e. The van der Waals surface area contributed by atoms with Gasteiger partial charge in [-0.1, -0.05) is 26.0 Å². The number of nitrogen functional groups attached to an aromatic ring is 1. The van der Waals surface area contributed by atoms with Crippen molar-refractivity contribution < 1.29 is 4.39 Å². The molecule has 0 aliphatic heterocycles. The van der Waals surface area contributed by atoms with Crippen molar-refractivity contribution in [2.75, 3.05) is 10.7 Å². The summed E-state index contributed by atoms with van der Waals surface area (Å²) in [6, 6.07) is 6.44. The average molecular weight is 275 g/mol. The van der Waals surface area contributed by atoms with Gasteiger partial charge in [0.1, 0.15) is 23.3 Å². The van der Waals surface area contributed by atoms with Crippen LogP contribution in [0.15, 0.2) is 24.3 Å². The Balaban J connectivity index is 2.45. The third-order valence-corrected chi connectivity index (χ3v) is 2.94. The molecule has 2 aromatic rings. The first kappa shape index (κ1) is 14.2. The van der Waals surface area contributed by atoms with Gasteiger partial charge in [0.15, 0.2) is 0 Å². The third kappa shape index (κ3) is 2.85. The van der Waals surface area contributed by atoms with Crippen LogP contribution in [0.3, 0.4) is 0 Å². The van der Waals surface area contributed by atoms with Gasteiger partial charge in [-0.05, 0) is 19.1 Å². The van der Waals surface area contributed by atoms with Gasteiger partial charge in [-0.3, -0.25) is 0 Å². The summed E-state index contributed by atoms with van der Waals surface area (Å²) in [6.45, 7) is 5.79. The molecule has 5 nitrogen and oxygen atoms in total. The quantitative estimate of drug-likeness (QED) is 0.590. The highest BCUT2D eigenvalue weighted by molar-refractivity contribution is 5.64. The number of para-hydroxylation sites is 1. The van der Waals surface area contributed by atoms with Crippen molar-refractivity contribution >= 4 is 17.3 Å². The number of hydrogen-bond acceptors (Lipinski definition) is 5. The van der Waals surface area contributed by atoms with Crippen LogP contribution in [0.1, 0.15) is 31.2 Å². The Morgan fingerprint density at radius 2 is 1.80 bits per heavy atom. The van der Waals surface area contributed by atoms with E-state index in [1.54, 1.807) is 18.2 Å². The lowest BCUT2D eigenvalue weighted by molar-refractivity contribution is 0.631. The Morgan fingerprint density at radius 1 is 1.15 bits per heavy atom. The number of benzene rings is 1. The second-order valence-electron chi connectivity index (χ2n) is 4.81. The highest BCUT2D eigenvalue weighted by Gasteiger charge is 2.13. The Morgan fingerprint density at radius 3 is 2.40 bits per heavy atom. The average Bonchev–Trinajstić information content (AvgIpc) is 2.43. The summed E-state index contributed by atoms with van der Waals surface area (Å²) >= 11 is 0. The monoisotopic (exact) mass is 275 g/mol. The summed E-state index contributed by atoms with van der Waals surface area (Å²) in [5.74, 6) is 6.99. The van der Waals surface area contributed by atoms with Gasteiger partial charge in [0.25, 0.3) is 0 Å². The number of rotatable bonds is 4. The predicted octanol–water partition coefficient (Wildman–Crippen LogP) is 3.08. The van der Waals surface area contributed by atoms with Gasteiger partial charge in [0.2, 0.25) is 0 Å². The van der Waals surface area contributed by atoms with Gasteiger partial charge in [-0.25, -0.2) is 20.2 Å². The van der Waals surface area contributed by atoms with Gasteiger partial charge in [-0.2, -0.15) is 0 Å². The molecule has 0 aliphatic carbocycles. The molecule has 1 heterocycles. The number of nitrogens with one attached hydrogen (secondary N) is 2. The maximum atomic E-state index is 13.7. The van der Waals surface area contributed by atoms with Gasteiger partial charge in [-0.15, -0.1) is 0 Å². The molecule has 0 atom stereocenters. The van der Waals surface area contributed by atoms with Crippen LogP contribution in [-0.2, 0) is 0 Å². The Bertz CT molecular complexity index is 613. The van der Waals surface area contributed by atoms with Crippen LogP contribution in [0.25, 0.3) is 0 Å². The van der Waals surface area contributed by atoms with E-state index in [1.807, 2.05) is 20.8 Å². The standard InChI is InChI=1S/C14H18FN5/c1-8(2)12-18-13(9(3)14(19-12)20-16)17-11-7-5-4-6-10(11)15/h4-8H,16H2,1-3H3,(H2,17,18,19,20). The summed E-state index contributed by atoms with van der Waals surface area (Å²) < 4.78 is 13.7. The fourth-order valence-electron chi connectivity index (χ4n) is 1.74. The summed E-state index contributed by atoms with van der Waals surface area (Å²) in [5, 5.41) is 2.99. The fourth-order valence-corrected chi connectivity index (χ4v) is 1.74. The van der Waals surface area contributed by atoms with E-state index in [4.69, 9.17) is 5.84 Å². The SMILES string of the molecule is Cc1c(NN)nc(C(C)C)nc1Nc1ccccc1F. The second-order valence-corrected chi connectivity index (χ2v) is 4.81. The van der Waals surface area contributed by atoms with E-state index >= 15 is 0 Å². The van der Waals surface area contributed by atoms with Crippen LogP contribution in [0.2, 0.25) is 0 Å². The molecule has 1 aromatic carbocycles. The molecule has 6 heteroatoms. The molecule has 0 radical (unpaired) electrons. The van der Waals surface area contributed by atoms with Gasteiger partial charge >= 0.3 is 0 Å². The minimum Gasteiger partial charge on any atom is -0.337 e. The highest BCUT2D eigenvalue weighted by atomic mass is 19.1. The lowest BCUT2D eigenvalue weighted by atomic mass is 10.2. The van der Waals surface area contributed by atoms with E-state index in [0.29, 0.717) is 23.1 Å². The summed E-state index contributed by atoms with van der Waals surface area (Å²) in [6.07, 6.45) is 0.